The standard InChI is InChI=1S/C15H15FN2O2/c16-13-6-4-5-12(9-13)10-20-18-15(17)11-19-14-7-2-1-3-8-14/h1-9H,10-11H2,(H2,17,18). The minimum Gasteiger partial charge on any atom is -0.486 e. The van der Waals surface area contributed by atoms with E-state index in [1.54, 1.807) is 12.1 Å². The van der Waals surface area contributed by atoms with Gasteiger partial charge >= 0.3 is 0 Å². The first-order valence-electron chi connectivity index (χ1n) is 6.10. The van der Waals surface area contributed by atoms with Gasteiger partial charge in [-0.05, 0) is 29.8 Å². The highest BCUT2D eigenvalue weighted by atomic mass is 19.1. The van der Waals surface area contributed by atoms with Gasteiger partial charge in [-0.25, -0.2) is 4.39 Å². The van der Waals surface area contributed by atoms with Crippen molar-refractivity contribution >= 4 is 5.84 Å². The molecule has 104 valence electrons. The molecule has 0 saturated heterocycles. The third-order valence-electron chi connectivity index (χ3n) is 2.43. The van der Waals surface area contributed by atoms with Crippen LogP contribution in [-0.2, 0) is 11.4 Å². The van der Waals surface area contributed by atoms with Crippen molar-refractivity contribution in [2.45, 2.75) is 6.61 Å². The van der Waals surface area contributed by atoms with Gasteiger partial charge in [-0.2, -0.15) is 0 Å². The Bertz CT molecular complexity index is 573. The summed E-state index contributed by atoms with van der Waals surface area (Å²) in [5, 5.41) is 3.71. The molecule has 0 amide bonds. The predicted molar refractivity (Wildman–Crippen MR) is 74.7 cm³/mol. The smallest absolute Gasteiger partial charge is 0.177 e. The van der Waals surface area contributed by atoms with E-state index in [0.29, 0.717) is 11.3 Å². The average Bonchev–Trinajstić information content (AvgIpc) is 2.46. The van der Waals surface area contributed by atoms with E-state index in [2.05, 4.69) is 5.16 Å². The molecular formula is C15H15FN2O2. The Labute approximate surface area is 116 Å². The average molecular weight is 274 g/mol. The van der Waals surface area contributed by atoms with E-state index in [1.165, 1.54) is 12.1 Å². The maximum absolute atomic E-state index is 12.9. The second-order valence-electron chi connectivity index (χ2n) is 4.09. The molecule has 0 unspecified atom stereocenters. The summed E-state index contributed by atoms with van der Waals surface area (Å²) in [6, 6.07) is 15.4. The zero-order valence-corrected chi connectivity index (χ0v) is 10.8. The summed E-state index contributed by atoms with van der Waals surface area (Å²) in [5.74, 6) is 0.608. The molecule has 0 aromatic heterocycles. The third kappa shape index (κ3) is 4.61. The van der Waals surface area contributed by atoms with Crippen molar-refractivity contribution in [3.05, 3.63) is 66.0 Å². The molecule has 20 heavy (non-hydrogen) atoms. The van der Waals surface area contributed by atoms with E-state index < -0.39 is 0 Å². The van der Waals surface area contributed by atoms with Gasteiger partial charge in [0.2, 0.25) is 0 Å². The van der Waals surface area contributed by atoms with Crippen LogP contribution in [0.15, 0.2) is 59.8 Å². The molecule has 0 fully saturated rings. The third-order valence-corrected chi connectivity index (χ3v) is 2.43. The molecule has 2 aromatic rings. The van der Waals surface area contributed by atoms with Crippen molar-refractivity contribution < 1.29 is 14.0 Å². The van der Waals surface area contributed by atoms with Crippen molar-refractivity contribution in [3.63, 3.8) is 0 Å². The number of para-hydroxylation sites is 1. The summed E-state index contributed by atoms with van der Waals surface area (Å²) in [5.41, 5.74) is 6.33. The van der Waals surface area contributed by atoms with Crippen molar-refractivity contribution in [1.29, 1.82) is 0 Å². The van der Waals surface area contributed by atoms with E-state index in [-0.39, 0.29) is 24.9 Å². The van der Waals surface area contributed by atoms with Crippen LogP contribution in [0.25, 0.3) is 0 Å². The number of benzene rings is 2. The van der Waals surface area contributed by atoms with Crippen molar-refractivity contribution in [3.8, 4) is 5.75 Å². The monoisotopic (exact) mass is 274 g/mol. The molecule has 2 rings (SSSR count). The second kappa shape index (κ2) is 7.13. The SMILES string of the molecule is N/C(COc1ccccc1)=N\OCc1cccc(F)c1. The molecule has 0 aliphatic carbocycles. The molecule has 2 N–H and O–H groups in total. The van der Waals surface area contributed by atoms with Crippen LogP contribution in [0.4, 0.5) is 4.39 Å². The van der Waals surface area contributed by atoms with E-state index in [9.17, 15) is 4.39 Å². The van der Waals surface area contributed by atoms with Crippen molar-refractivity contribution in [2.75, 3.05) is 6.61 Å². The minimum absolute atomic E-state index is 0.132. The molecule has 0 radical (unpaired) electrons. The largest absolute Gasteiger partial charge is 0.486 e. The lowest BCUT2D eigenvalue weighted by atomic mass is 10.2. The summed E-state index contributed by atoms with van der Waals surface area (Å²) in [6.07, 6.45) is 0. The molecule has 0 aliphatic rings. The lowest BCUT2D eigenvalue weighted by Crippen LogP contribution is -2.21. The van der Waals surface area contributed by atoms with E-state index in [1.807, 2.05) is 30.3 Å². The molecule has 0 heterocycles. The molecule has 2 aromatic carbocycles. The van der Waals surface area contributed by atoms with E-state index in [0.717, 1.165) is 0 Å². The van der Waals surface area contributed by atoms with Crippen LogP contribution < -0.4 is 10.5 Å². The van der Waals surface area contributed by atoms with Gasteiger partial charge in [0, 0.05) is 0 Å². The Morgan fingerprint density at radius 1 is 1.10 bits per heavy atom. The number of amidine groups is 1. The van der Waals surface area contributed by atoms with Crippen LogP contribution in [0.2, 0.25) is 0 Å². The van der Waals surface area contributed by atoms with Gasteiger partial charge in [0.1, 0.15) is 24.8 Å². The molecule has 5 heteroatoms. The number of hydrogen-bond acceptors (Lipinski definition) is 3. The lowest BCUT2D eigenvalue weighted by molar-refractivity contribution is 0.128. The normalized spacial score (nSPS) is 11.2. The lowest BCUT2D eigenvalue weighted by Gasteiger charge is -2.05. The fourth-order valence-corrected chi connectivity index (χ4v) is 1.52. The number of halogens is 1. The Hall–Kier alpha value is -2.56. The van der Waals surface area contributed by atoms with Gasteiger partial charge in [0.05, 0.1) is 0 Å². The molecule has 0 atom stereocenters. The molecular weight excluding hydrogens is 259 g/mol. The Morgan fingerprint density at radius 2 is 1.90 bits per heavy atom. The maximum Gasteiger partial charge on any atom is 0.177 e. The van der Waals surface area contributed by atoms with Gasteiger partial charge in [0.25, 0.3) is 0 Å². The Kier molecular flexibility index (Phi) is 4.94. The van der Waals surface area contributed by atoms with Gasteiger partial charge in [-0.15, -0.1) is 0 Å². The molecule has 0 saturated carbocycles. The number of nitrogens with zero attached hydrogens (tertiary/aromatic N) is 1. The van der Waals surface area contributed by atoms with Crippen LogP contribution in [-0.4, -0.2) is 12.4 Å². The molecule has 0 spiro atoms. The molecule has 0 bridgehead atoms. The fourth-order valence-electron chi connectivity index (χ4n) is 1.52. The summed E-state index contributed by atoms with van der Waals surface area (Å²) >= 11 is 0. The number of oxime groups is 1. The quantitative estimate of drug-likeness (QED) is 0.500. The topological polar surface area (TPSA) is 56.8 Å². The first-order valence-corrected chi connectivity index (χ1v) is 6.10. The second-order valence-corrected chi connectivity index (χ2v) is 4.09. The zero-order valence-electron chi connectivity index (χ0n) is 10.8. The van der Waals surface area contributed by atoms with Gasteiger partial charge < -0.3 is 15.3 Å². The van der Waals surface area contributed by atoms with Crippen molar-refractivity contribution in [2.24, 2.45) is 10.9 Å². The number of rotatable bonds is 6. The Morgan fingerprint density at radius 3 is 2.65 bits per heavy atom. The van der Waals surface area contributed by atoms with Crippen LogP contribution >= 0.6 is 0 Å². The van der Waals surface area contributed by atoms with E-state index in [4.69, 9.17) is 15.3 Å². The van der Waals surface area contributed by atoms with Crippen LogP contribution in [0.5, 0.6) is 5.75 Å². The summed E-state index contributed by atoms with van der Waals surface area (Å²) in [6.45, 7) is 0.289. The number of ether oxygens (including phenoxy) is 1. The fraction of sp³-hybridized carbons (Fsp3) is 0.133. The number of hydrogen-bond donors (Lipinski definition) is 1. The van der Waals surface area contributed by atoms with Gasteiger partial charge in [0.15, 0.2) is 5.84 Å². The van der Waals surface area contributed by atoms with Crippen LogP contribution in [0.3, 0.4) is 0 Å². The van der Waals surface area contributed by atoms with Gasteiger partial charge in [-0.3, -0.25) is 0 Å². The first-order chi connectivity index (χ1) is 9.74. The minimum atomic E-state index is -0.310. The summed E-state index contributed by atoms with van der Waals surface area (Å²) in [7, 11) is 0. The van der Waals surface area contributed by atoms with Crippen LogP contribution in [0.1, 0.15) is 5.56 Å². The van der Waals surface area contributed by atoms with Gasteiger partial charge in [-0.1, -0.05) is 35.5 Å². The summed E-state index contributed by atoms with van der Waals surface area (Å²) in [4.78, 5) is 5.04. The highest BCUT2D eigenvalue weighted by molar-refractivity contribution is 5.81. The predicted octanol–water partition coefficient (Wildman–Crippen LogP) is 2.69. The van der Waals surface area contributed by atoms with Crippen LogP contribution in [0, 0.1) is 5.82 Å². The molecule has 4 nitrogen and oxygen atoms in total. The highest BCUT2D eigenvalue weighted by Gasteiger charge is 1.98. The molecule has 0 aliphatic heterocycles. The van der Waals surface area contributed by atoms with Crippen molar-refractivity contribution in [1.82, 2.24) is 0 Å². The summed E-state index contributed by atoms with van der Waals surface area (Å²) < 4.78 is 18.3. The number of nitrogens with two attached hydrogens (primary N) is 1. The van der Waals surface area contributed by atoms with E-state index >= 15 is 0 Å². The highest BCUT2D eigenvalue weighted by Crippen LogP contribution is 2.08. The maximum atomic E-state index is 12.9. The first kappa shape index (κ1) is 13.9. The Balaban J connectivity index is 1.77. The zero-order chi connectivity index (χ0) is 14.2.